The molecule has 0 bridgehead atoms. The highest BCUT2D eigenvalue weighted by Crippen LogP contribution is 2.35. The summed E-state index contributed by atoms with van der Waals surface area (Å²) in [5.41, 5.74) is 2.05. The van der Waals surface area contributed by atoms with Gasteiger partial charge in [0.05, 0.1) is 35.5 Å². The molecule has 0 aliphatic rings. The van der Waals surface area contributed by atoms with Crippen molar-refractivity contribution in [3.05, 3.63) is 89.9 Å². The molecule has 4 rings (SSSR count). The first kappa shape index (κ1) is 22.3. The fourth-order valence-electron chi connectivity index (χ4n) is 3.51. The van der Waals surface area contributed by atoms with E-state index in [1.165, 1.54) is 25.4 Å². The van der Waals surface area contributed by atoms with Gasteiger partial charge in [0.15, 0.2) is 0 Å². The molecule has 0 saturated carbocycles. The van der Waals surface area contributed by atoms with Crippen LogP contribution in [0.4, 0.5) is 13.2 Å². The second-order valence-electron chi connectivity index (χ2n) is 7.50. The fraction of sp³-hybridized carbons (Fsp3) is 0.160. The number of aromatic nitrogens is 2. The van der Waals surface area contributed by atoms with E-state index in [2.05, 4.69) is 15.3 Å². The van der Waals surface area contributed by atoms with Crippen molar-refractivity contribution < 1.29 is 22.7 Å². The Morgan fingerprint density at radius 3 is 2.42 bits per heavy atom. The topological polar surface area (TPSA) is 64.1 Å². The molecule has 1 N–H and O–H groups in total. The molecule has 0 saturated heterocycles. The lowest BCUT2D eigenvalue weighted by atomic mass is 9.99. The summed E-state index contributed by atoms with van der Waals surface area (Å²) < 4.78 is 44.2. The Labute approximate surface area is 188 Å². The molecular formula is C25H20F3N3O2. The third-order valence-electron chi connectivity index (χ3n) is 5.26. The van der Waals surface area contributed by atoms with Gasteiger partial charge in [0.2, 0.25) is 0 Å². The largest absolute Gasteiger partial charge is 0.497 e. The Morgan fingerprint density at radius 1 is 1.03 bits per heavy atom. The zero-order valence-electron chi connectivity index (χ0n) is 17.9. The maximum Gasteiger partial charge on any atom is 0.416 e. The first-order valence-corrected chi connectivity index (χ1v) is 10.1. The van der Waals surface area contributed by atoms with Crippen LogP contribution in [-0.2, 0) is 6.18 Å². The Hall–Kier alpha value is -3.94. The number of carbonyl (C=O) groups is 1. The van der Waals surface area contributed by atoms with Gasteiger partial charge in [-0.25, -0.2) is 0 Å². The molecule has 1 amide bonds. The van der Waals surface area contributed by atoms with E-state index < -0.39 is 11.7 Å². The second kappa shape index (κ2) is 8.90. The predicted octanol–water partition coefficient (Wildman–Crippen LogP) is 5.82. The van der Waals surface area contributed by atoms with Crippen LogP contribution in [0.3, 0.4) is 0 Å². The molecule has 0 spiro atoms. The Bertz CT molecular complexity index is 1290. The number of methoxy groups -OCH3 is 1. The Kier molecular flexibility index (Phi) is 6.00. The molecule has 0 radical (unpaired) electrons. The highest BCUT2D eigenvalue weighted by atomic mass is 19.4. The third kappa shape index (κ3) is 4.79. The molecule has 0 fully saturated rings. The monoisotopic (exact) mass is 451 g/mol. The van der Waals surface area contributed by atoms with Gasteiger partial charge in [-0.2, -0.15) is 13.2 Å². The van der Waals surface area contributed by atoms with E-state index in [1.807, 2.05) is 19.1 Å². The highest BCUT2D eigenvalue weighted by Gasteiger charge is 2.30. The molecule has 8 heteroatoms. The molecule has 0 aliphatic carbocycles. The average Bonchev–Trinajstić information content (AvgIpc) is 2.83. The summed E-state index contributed by atoms with van der Waals surface area (Å²) in [5, 5.41) is 3.52. The number of halogens is 3. The summed E-state index contributed by atoms with van der Waals surface area (Å²) in [5.74, 6) is 0.181. The van der Waals surface area contributed by atoms with Crippen LogP contribution in [0.25, 0.3) is 22.0 Å². The number of nitrogens with one attached hydrogen (secondary N) is 1. The number of amides is 1. The zero-order valence-corrected chi connectivity index (χ0v) is 17.9. The maximum atomic E-state index is 12.9. The van der Waals surface area contributed by atoms with Crippen molar-refractivity contribution >= 4 is 16.8 Å². The summed E-state index contributed by atoms with van der Waals surface area (Å²) in [7, 11) is 1.50. The first-order valence-electron chi connectivity index (χ1n) is 10.1. The number of ether oxygens (including phenoxy) is 1. The summed E-state index contributed by atoms with van der Waals surface area (Å²) in [6.45, 7) is 1.83. The van der Waals surface area contributed by atoms with Crippen molar-refractivity contribution in [2.24, 2.45) is 0 Å². The van der Waals surface area contributed by atoms with Gasteiger partial charge in [-0.05, 0) is 55.0 Å². The number of hydrogen-bond donors (Lipinski definition) is 1. The van der Waals surface area contributed by atoms with Gasteiger partial charge in [0, 0.05) is 23.3 Å². The second-order valence-corrected chi connectivity index (χ2v) is 7.50. The summed E-state index contributed by atoms with van der Waals surface area (Å²) in [6, 6.07) is 15.1. The van der Waals surface area contributed by atoms with Crippen molar-refractivity contribution in [3.63, 3.8) is 0 Å². The van der Waals surface area contributed by atoms with Gasteiger partial charge in [0.1, 0.15) is 5.75 Å². The minimum atomic E-state index is -4.41. The number of alkyl halides is 3. The van der Waals surface area contributed by atoms with Crippen LogP contribution in [0, 0.1) is 0 Å². The van der Waals surface area contributed by atoms with Crippen molar-refractivity contribution in [1.29, 1.82) is 0 Å². The van der Waals surface area contributed by atoms with Crippen LogP contribution in [0.2, 0.25) is 0 Å². The van der Waals surface area contributed by atoms with Gasteiger partial charge < -0.3 is 10.1 Å². The van der Waals surface area contributed by atoms with Crippen LogP contribution in [0.5, 0.6) is 5.75 Å². The molecule has 33 heavy (non-hydrogen) atoms. The zero-order chi connectivity index (χ0) is 23.6. The van der Waals surface area contributed by atoms with Gasteiger partial charge in [-0.3, -0.25) is 14.8 Å². The number of fused-ring (bicyclic) bond motifs is 1. The summed E-state index contributed by atoms with van der Waals surface area (Å²) in [6.07, 6.45) is -1.31. The summed E-state index contributed by atoms with van der Waals surface area (Å²) in [4.78, 5) is 21.5. The quantitative estimate of drug-likeness (QED) is 0.416. The van der Waals surface area contributed by atoms with Gasteiger partial charge in [-0.15, -0.1) is 0 Å². The predicted molar refractivity (Wildman–Crippen MR) is 119 cm³/mol. The molecule has 168 valence electrons. The number of hydrogen-bond acceptors (Lipinski definition) is 4. The molecule has 1 atom stereocenters. The molecular weight excluding hydrogens is 431 g/mol. The van der Waals surface area contributed by atoms with Gasteiger partial charge >= 0.3 is 6.18 Å². The van der Waals surface area contributed by atoms with Crippen molar-refractivity contribution in [3.8, 4) is 16.9 Å². The Morgan fingerprint density at radius 2 is 1.79 bits per heavy atom. The van der Waals surface area contributed by atoms with E-state index >= 15 is 0 Å². The summed E-state index contributed by atoms with van der Waals surface area (Å²) >= 11 is 0. The Balaban J connectivity index is 1.69. The SMILES string of the molecule is COc1cc(-c2ccc(C(F)(F)F)cc2)c2ncc(C(=O)NC(C)c3ccccn3)cc2c1. The minimum Gasteiger partial charge on any atom is -0.497 e. The van der Waals surface area contributed by atoms with E-state index in [0.29, 0.717) is 33.3 Å². The van der Waals surface area contributed by atoms with Crippen molar-refractivity contribution in [1.82, 2.24) is 15.3 Å². The highest BCUT2D eigenvalue weighted by molar-refractivity contribution is 6.01. The number of rotatable bonds is 5. The van der Waals surface area contributed by atoms with Crippen LogP contribution < -0.4 is 10.1 Å². The third-order valence-corrected chi connectivity index (χ3v) is 5.26. The average molecular weight is 451 g/mol. The molecule has 5 nitrogen and oxygen atoms in total. The van der Waals surface area contributed by atoms with E-state index in [1.54, 1.807) is 30.5 Å². The van der Waals surface area contributed by atoms with Gasteiger partial charge in [-0.1, -0.05) is 18.2 Å². The van der Waals surface area contributed by atoms with E-state index in [-0.39, 0.29) is 11.9 Å². The smallest absolute Gasteiger partial charge is 0.416 e. The number of pyridine rings is 2. The lowest BCUT2D eigenvalue weighted by molar-refractivity contribution is -0.137. The normalized spacial score (nSPS) is 12.4. The fourth-order valence-corrected chi connectivity index (χ4v) is 3.51. The molecule has 2 heterocycles. The van der Waals surface area contributed by atoms with E-state index in [9.17, 15) is 18.0 Å². The van der Waals surface area contributed by atoms with Crippen LogP contribution in [0.15, 0.2) is 73.1 Å². The molecule has 1 unspecified atom stereocenters. The maximum absolute atomic E-state index is 12.9. The van der Waals surface area contributed by atoms with Gasteiger partial charge in [0.25, 0.3) is 5.91 Å². The van der Waals surface area contributed by atoms with E-state index in [4.69, 9.17) is 4.74 Å². The van der Waals surface area contributed by atoms with Crippen LogP contribution in [-0.4, -0.2) is 23.0 Å². The van der Waals surface area contributed by atoms with E-state index in [0.717, 1.165) is 17.8 Å². The van der Waals surface area contributed by atoms with Crippen molar-refractivity contribution in [2.45, 2.75) is 19.1 Å². The lowest BCUT2D eigenvalue weighted by Crippen LogP contribution is -2.27. The molecule has 2 aromatic carbocycles. The van der Waals surface area contributed by atoms with Crippen molar-refractivity contribution in [2.75, 3.05) is 7.11 Å². The lowest BCUT2D eigenvalue weighted by Gasteiger charge is -2.14. The molecule has 0 aliphatic heterocycles. The van der Waals surface area contributed by atoms with Crippen LogP contribution in [0.1, 0.15) is 34.6 Å². The number of benzene rings is 2. The number of nitrogens with zero attached hydrogens (tertiary/aromatic N) is 2. The molecule has 2 aromatic heterocycles. The molecule has 4 aromatic rings. The minimum absolute atomic E-state index is 0.303. The standard InChI is InChI=1S/C25H20F3N3O2/c1-15(22-5-3-4-10-29-22)31-24(32)18-11-17-12-20(33-2)13-21(23(17)30-14-18)16-6-8-19(9-7-16)25(26,27)28/h3-15H,1-2H3,(H,31,32). The van der Waals surface area contributed by atoms with Crippen LogP contribution >= 0.6 is 0 Å². The first-order chi connectivity index (χ1) is 15.8. The number of carbonyl (C=O) groups excluding carboxylic acids is 1.